The summed E-state index contributed by atoms with van der Waals surface area (Å²) in [5.74, 6) is -0.175. The van der Waals surface area contributed by atoms with E-state index in [2.05, 4.69) is 0 Å². The summed E-state index contributed by atoms with van der Waals surface area (Å²) in [6, 6.07) is 5.30. The van der Waals surface area contributed by atoms with Crippen LogP contribution in [0.1, 0.15) is 37.7 Å². The number of halogens is 1. The molecule has 0 N–H and O–H groups in total. The SMILES string of the molecule is O=C1Cc2c(F)cccc2N1C1CCCCC1. The van der Waals surface area contributed by atoms with Crippen LogP contribution in [0.4, 0.5) is 10.1 Å². The second-order valence-electron chi connectivity index (χ2n) is 4.97. The van der Waals surface area contributed by atoms with Gasteiger partial charge in [0.1, 0.15) is 5.82 Å². The summed E-state index contributed by atoms with van der Waals surface area (Å²) in [4.78, 5) is 13.9. The lowest BCUT2D eigenvalue weighted by molar-refractivity contribution is -0.118. The van der Waals surface area contributed by atoms with E-state index >= 15 is 0 Å². The zero-order chi connectivity index (χ0) is 11.8. The fraction of sp³-hybridized carbons (Fsp3) is 0.500. The summed E-state index contributed by atoms with van der Waals surface area (Å²) >= 11 is 0. The largest absolute Gasteiger partial charge is 0.309 e. The molecule has 0 unspecified atom stereocenters. The first kappa shape index (κ1) is 10.8. The molecular weight excluding hydrogens is 217 g/mol. The van der Waals surface area contributed by atoms with Gasteiger partial charge >= 0.3 is 0 Å². The van der Waals surface area contributed by atoms with E-state index in [1.807, 2.05) is 11.0 Å². The maximum atomic E-state index is 13.6. The van der Waals surface area contributed by atoms with Crippen molar-refractivity contribution in [3.05, 3.63) is 29.6 Å². The van der Waals surface area contributed by atoms with E-state index in [-0.39, 0.29) is 18.1 Å². The maximum absolute atomic E-state index is 13.6. The van der Waals surface area contributed by atoms with E-state index in [1.165, 1.54) is 25.3 Å². The molecule has 1 aromatic carbocycles. The Labute approximate surface area is 100 Å². The second-order valence-corrected chi connectivity index (χ2v) is 4.97. The van der Waals surface area contributed by atoms with E-state index in [1.54, 1.807) is 6.07 Å². The number of nitrogens with zero attached hydrogens (tertiary/aromatic N) is 1. The standard InChI is InChI=1S/C14H16FNO/c15-12-7-4-8-13-11(12)9-14(17)16(13)10-5-2-1-3-6-10/h4,7-8,10H,1-3,5-6,9H2. The number of rotatable bonds is 1. The molecule has 1 fully saturated rings. The molecule has 1 aliphatic carbocycles. The monoisotopic (exact) mass is 233 g/mol. The summed E-state index contributed by atoms with van der Waals surface area (Å²) in [6.45, 7) is 0. The number of fused-ring (bicyclic) bond motifs is 1. The Balaban J connectivity index is 1.96. The third kappa shape index (κ3) is 1.74. The van der Waals surface area contributed by atoms with Crippen molar-refractivity contribution in [2.75, 3.05) is 4.90 Å². The fourth-order valence-electron chi connectivity index (χ4n) is 3.06. The predicted molar refractivity (Wildman–Crippen MR) is 64.5 cm³/mol. The van der Waals surface area contributed by atoms with Gasteiger partial charge in [-0.05, 0) is 25.0 Å². The van der Waals surface area contributed by atoms with Crippen LogP contribution in [0.5, 0.6) is 0 Å². The molecule has 2 nitrogen and oxygen atoms in total. The van der Waals surface area contributed by atoms with Crippen molar-refractivity contribution in [1.29, 1.82) is 0 Å². The summed E-state index contributed by atoms with van der Waals surface area (Å²) in [6.07, 6.45) is 5.97. The lowest BCUT2D eigenvalue weighted by atomic mass is 9.94. The first-order valence-corrected chi connectivity index (χ1v) is 6.37. The molecule has 2 aliphatic rings. The Morgan fingerprint density at radius 1 is 1.18 bits per heavy atom. The number of hydrogen-bond acceptors (Lipinski definition) is 1. The van der Waals surface area contributed by atoms with Crippen LogP contribution < -0.4 is 4.90 Å². The Morgan fingerprint density at radius 2 is 1.94 bits per heavy atom. The average Bonchev–Trinajstić information content (AvgIpc) is 2.68. The molecule has 1 aromatic rings. The van der Waals surface area contributed by atoms with E-state index in [0.29, 0.717) is 11.6 Å². The summed E-state index contributed by atoms with van der Waals surface area (Å²) in [5.41, 5.74) is 1.39. The topological polar surface area (TPSA) is 20.3 Å². The van der Waals surface area contributed by atoms with Gasteiger partial charge in [0.25, 0.3) is 0 Å². The highest BCUT2D eigenvalue weighted by atomic mass is 19.1. The Morgan fingerprint density at radius 3 is 2.71 bits per heavy atom. The minimum absolute atomic E-state index is 0.0667. The van der Waals surface area contributed by atoms with Crippen molar-refractivity contribution in [1.82, 2.24) is 0 Å². The number of anilines is 1. The maximum Gasteiger partial charge on any atom is 0.231 e. The zero-order valence-electron chi connectivity index (χ0n) is 9.79. The quantitative estimate of drug-likeness (QED) is 0.730. The predicted octanol–water partition coefficient (Wildman–Crippen LogP) is 3.05. The van der Waals surface area contributed by atoms with Crippen LogP contribution in [0.15, 0.2) is 18.2 Å². The van der Waals surface area contributed by atoms with Gasteiger partial charge in [0.05, 0.1) is 12.1 Å². The highest BCUT2D eigenvalue weighted by molar-refractivity contribution is 6.01. The highest BCUT2D eigenvalue weighted by Crippen LogP contribution is 2.36. The molecule has 3 heteroatoms. The number of hydrogen-bond donors (Lipinski definition) is 0. The van der Waals surface area contributed by atoms with Crippen molar-refractivity contribution >= 4 is 11.6 Å². The van der Waals surface area contributed by atoms with Crippen LogP contribution in [0.2, 0.25) is 0 Å². The van der Waals surface area contributed by atoms with Crippen molar-refractivity contribution in [2.24, 2.45) is 0 Å². The van der Waals surface area contributed by atoms with Gasteiger partial charge < -0.3 is 4.90 Å². The molecule has 3 rings (SSSR count). The minimum Gasteiger partial charge on any atom is -0.309 e. The molecule has 1 saturated carbocycles. The van der Waals surface area contributed by atoms with Gasteiger partial charge in [0.15, 0.2) is 0 Å². The van der Waals surface area contributed by atoms with Gasteiger partial charge in [-0.25, -0.2) is 4.39 Å². The minimum atomic E-state index is -0.242. The van der Waals surface area contributed by atoms with Gasteiger partial charge in [-0.3, -0.25) is 4.79 Å². The van der Waals surface area contributed by atoms with E-state index in [4.69, 9.17) is 0 Å². The van der Waals surface area contributed by atoms with Gasteiger partial charge in [-0.2, -0.15) is 0 Å². The number of carbonyl (C=O) groups is 1. The molecule has 0 bridgehead atoms. The van der Waals surface area contributed by atoms with Crippen molar-refractivity contribution in [3.8, 4) is 0 Å². The normalized spacial score (nSPS) is 20.8. The van der Waals surface area contributed by atoms with Gasteiger partial charge in [-0.15, -0.1) is 0 Å². The van der Waals surface area contributed by atoms with Crippen LogP contribution in [0.3, 0.4) is 0 Å². The van der Waals surface area contributed by atoms with Crippen molar-refractivity contribution in [2.45, 2.75) is 44.6 Å². The molecule has 1 heterocycles. The lowest BCUT2D eigenvalue weighted by Gasteiger charge is -2.31. The number of carbonyl (C=O) groups excluding carboxylic acids is 1. The smallest absolute Gasteiger partial charge is 0.231 e. The van der Waals surface area contributed by atoms with Gasteiger partial charge in [-0.1, -0.05) is 25.3 Å². The van der Waals surface area contributed by atoms with Crippen LogP contribution >= 0.6 is 0 Å². The molecule has 17 heavy (non-hydrogen) atoms. The summed E-state index contributed by atoms with van der Waals surface area (Å²) < 4.78 is 13.6. The van der Waals surface area contributed by atoms with E-state index < -0.39 is 0 Å². The Bertz CT molecular complexity index is 452. The molecule has 0 radical (unpaired) electrons. The van der Waals surface area contributed by atoms with Crippen molar-refractivity contribution in [3.63, 3.8) is 0 Å². The molecule has 1 aliphatic heterocycles. The first-order chi connectivity index (χ1) is 8.27. The molecular formula is C14H16FNO. The molecule has 0 atom stereocenters. The molecule has 0 aromatic heterocycles. The highest BCUT2D eigenvalue weighted by Gasteiger charge is 2.34. The van der Waals surface area contributed by atoms with E-state index in [9.17, 15) is 9.18 Å². The zero-order valence-corrected chi connectivity index (χ0v) is 9.79. The Hall–Kier alpha value is -1.38. The first-order valence-electron chi connectivity index (χ1n) is 6.37. The van der Waals surface area contributed by atoms with Gasteiger partial charge in [0.2, 0.25) is 5.91 Å². The van der Waals surface area contributed by atoms with Crippen LogP contribution in [0, 0.1) is 5.82 Å². The lowest BCUT2D eigenvalue weighted by Crippen LogP contribution is -2.39. The number of benzene rings is 1. The second kappa shape index (κ2) is 4.13. The molecule has 0 saturated heterocycles. The van der Waals surface area contributed by atoms with Crippen LogP contribution in [-0.4, -0.2) is 11.9 Å². The van der Waals surface area contributed by atoms with Crippen LogP contribution in [-0.2, 0) is 11.2 Å². The molecule has 1 amide bonds. The van der Waals surface area contributed by atoms with Crippen LogP contribution in [0.25, 0.3) is 0 Å². The number of amides is 1. The Kier molecular flexibility index (Phi) is 2.61. The molecule has 0 spiro atoms. The summed E-state index contributed by atoms with van der Waals surface area (Å²) in [7, 11) is 0. The average molecular weight is 233 g/mol. The summed E-state index contributed by atoms with van der Waals surface area (Å²) in [5, 5.41) is 0. The fourth-order valence-corrected chi connectivity index (χ4v) is 3.06. The third-order valence-electron chi connectivity index (χ3n) is 3.89. The third-order valence-corrected chi connectivity index (χ3v) is 3.89. The van der Waals surface area contributed by atoms with E-state index in [0.717, 1.165) is 18.5 Å². The molecule has 90 valence electrons. The van der Waals surface area contributed by atoms with Crippen molar-refractivity contribution < 1.29 is 9.18 Å². The van der Waals surface area contributed by atoms with Gasteiger partial charge in [0, 0.05) is 11.6 Å².